The second-order valence-electron chi connectivity index (χ2n) is 6.61. The van der Waals surface area contributed by atoms with Crippen LogP contribution in [0.3, 0.4) is 0 Å². The Hall–Kier alpha value is -1.58. The standard InChI is InChI=1S/C11H18O2.C10H16O2/c1-2-3-4-5-7-10-8-6-9-11(12)13-10;1-2-3-4-6-9-7-5-8-10(11)12-9/h3-4,10H,2,5-9H2,1H3;2-3,9H,4-8H2,1H3. The van der Waals surface area contributed by atoms with Gasteiger partial charge >= 0.3 is 11.9 Å². The molecule has 0 bridgehead atoms. The quantitative estimate of drug-likeness (QED) is 0.464. The van der Waals surface area contributed by atoms with E-state index >= 15 is 0 Å². The second-order valence-corrected chi connectivity index (χ2v) is 6.61. The molecule has 2 heterocycles. The van der Waals surface area contributed by atoms with Gasteiger partial charge in [0, 0.05) is 12.8 Å². The molecule has 0 spiro atoms. The Kier molecular flexibility index (Phi) is 11.7. The summed E-state index contributed by atoms with van der Waals surface area (Å²) in [5.41, 5.74) is 0. The number of esters is 2. The molecule has 2 unspecified atom stereocenters. The summed E-state index contributed by atoms with van der Waals surface area (Å²) in [4.78, 5) is 21.8. The summed E-state index contributed by atoms with van der Waals surface area (Å²) in [6.07, 6.45) is 19.3. The topological polar surface area (TPSA) is 52.6 Å². The van der Waals surface area contributed by atoms with Gasteiger partial charge in [0.25, 0.3) is 0 Å². The fraction of sp³-hybridized carbons (Fsp3) is 0.714. The average molecular weight is 350 g/mol. The number of hydrogen-bond acceptors (Lipinski definition) is 4. The van der Waals surface area contributed by atoms with Crippen molar-refractivity contribution >= 4 is 11.9 Å². The molecule has 0 aromatic rings. The van der Waals surface area contributed by atoms with E-state index < -0.39 is 0 Å². The van der Waals surface area contributed by atoms with Crippen molar-refractivity contribution < 1.29 is 19.1 Å². The summed E-state index contributed by atoms with van der Waals surface area (Å²) in [5, 5.41) is 0. The van der Waals surface area contributed by atoms with Crippen LogP contribution in [0.15, 0.2) is 24.3 Å². The molecule has 0 amide bonds. The van der Waals surface area contributed by atoms with Crippen molar-refractivity contribution in [2.24, 2.45) is 0 Å². The number of carbonyl (C=O) groups excluding carboxylic acids is 2. The lowest BCUT2D eigenvalue weighted by Gasteiger charge is -2.21. The smallest absolute Gasteiger partial charge is 0.306 e. The van der Waals surface area contributed by atoms with Crippen LogP contribution in [0.25, 0.3) is 0 Å². The Morgan fingerprint density at radius 1 is 0.880 bits per heavy atom. The van der Waals surface area contributed by atoms with Crippen LogP contribution in [0.2, 0.25) is 0 Å². The molecule has 25 heavy (non-hydrogen) atoms. The predicted octanol–water partition coefficient (Wildman–Crippen LogP) is 5.27. The van der Waals surface area contributed by atoms with Gasteiger partial charge in [-0.05, 0) is 64.7 Å². The van der Waals surface area contributed by atoms with Crippen LogP contribution in [0.1, 0.15) is 84.5 Å². The molecular formula is C21H34O4. The summed E-state index contributed by atoms with van der Waals surface area (Å²) in [6, 6.07) is 0. The lowest BCUT2D eigenvalue weighted by molar-refractivity contribution is -0.154. The third-order valence-electron chi connectivity index (χ3n) is 4.36. The normalized spacial score (nSPS) is 23.9. The van der Waals surface area contributed by atoms with Crippen LogP contribution < -0.4 is 0 Å². The van der Waals surface area contributed by atoms with E-state index in [0.29, 0.717) is 12.8 Å². The van der Waals surface area contributed by atoms with Crippen molar-refractivity contribution in [3.63, 3.8) is 0 Å². The van der Waals surface area contributed by atoms with E-state index in [1.165, 1.54) is 0 Å². The lowest BCUT2D eigenvalue weighted by Crippen LogP contribution is -2.23. The number of ether oxygens (including phenoxy) is 2. The van der Waals surface area contributed by atoms with Gasteiger partial charge in [0.2, 0.25) is 0 Å². The van der Waals surface area contributed by atoms with Crippen LogP contribution >= 0.6 is 0 Å². The Morgan fingerprint density at radius 3 is 1.84 bits per heavy atom. The summed E-state index contributed by atoms with van der Waals surface area (Å²) < 4.78 is 10.4. The van der Waals surface area contributed by atoms with Gasteiger partial charge in [-0.2, -0.15) is 0 Å². The van der Waals surface area contributed by atoms with Gasteiger partial charge < -0.3 is 9.47 Å². The maximum absolute atomic E-state index is 10.9. The van der Waals surface area contributed by atoms with Crippen LogP contribution in [-0.2, 0) is 19.1 Å². The summed E-state index contributed by atoms with van der Waals surface area (Å²) in [6.45, 7) is 4.13. The van der Waals surface area contributed by atoms with Crippen molar-refractivity contribution in [2.75, 3.05) is 0 Å². The van der Waals surface area contributed by atoms with E-state index in [1.54, 1.807) is 0 Å². The largest absolute Gasteiger partial charge is 0.462 e. The molecule has 0 aromatic heterocycles. The minimum Gasteiger partial charge on any atom is -0.462 e. The van der Waals surface area contributed by atoms with Crippen molar-refractivity contribution in [1.29, 1.82) is 0 Å². The molecule has 2 aliphatic rings. The Balaban J connectivity index is 0.000000251. The highest BCUT2D eigenvalue weighted by atomic mass is 16.5. The summed E-state index contributed by atoms with van der Waals surface area (Å²) in [7, 11) is 0. The molecule has 2 atom stereocenters. The van der Waals surface area contributed by atoms with E-state index in [4.69, 9.17) is 9.47 Å². The van der Waals surface area contributed by atoms with Gasteiger partial charge in [-0.15, -0.1) is 0 Å². The molecule has 0 N–H and O–H groups in total. The molecule has 2 aliphatic heterocycles. The SMILES string of the molecule is CC=CCCC1CCCC(=O)O1.CCC=CCCC1CCCC(=O)O1. The molecule has 4 nitrogen and oxygen atoms in total. The highest BCUT2D eigenvalue weighted by molar-refractivity contribution is 5.70. The minimum atomic E-state index is -0.0215. The van der Waals surface area contributed by atoms with E-state index in [9.17, 15) is 9.59 Å². The molecule has 2 saturated heterocycles. The monoisotopic (exact) mass is 350 g/mol. The third-order valence-corrected chi connectivity index (χ3v) is 4.36. The van der Waals surface area contributed by atoms with Crippen molar-refractivity contribution in [2.45, 2.75) is 96.7 Å². The van der Waals surface area contributed by atoms with Gasteiger partial charge in [0.15, 0.2) is 0 Å². The zero-order chi connectivity index (χ0) is 18.3. The highest BCUT2D eigenvalue weighted by Gasteiger charge is 2.19. The Labute approximate surface area is 152 Å². The molecule has 0 saturated carbocycles. The van der Waals surface area contributed by atoms with Crippen molar-refractivity contribution in [1.82, 2.24) is 0 Å². The lowest BCUT2D eigenvalue weighted by atomic mass is 10.0. The fourth-order valence-electron chi connectivity index (χ4n) is 2.98. The maximum Gasteiger partial charge on any atom is 0.306 e. The van der Waals surface area contributed by atoms with Gasteiger partial charge in [-0.25, -0.2) is 0 Å². The average Bonchev–Trinajstić information content (AvgIpc) is 2.60. The predicted molar refractivity (Wildman–Crippen MR) is 100 cm³/mol. The van der Waals surface area contributed by atoms with E-state index in [2.05, 4.69) is 25.2 Å². The van der Waals surface area contributed by atoms with Gasteiger partial charge in [0.1, 0.15) is 12.2 Å². The van der Waals surface area contributed by atoms with Gasteiger partial charge in [-0.1, -0.05) is 31.2 Å². The first-order valence-electron chi connectivity index (χ1n) is 9.80. The zero-order valence-corrected chi connectivity index (χ0v) is 15.9. The van der Waals surface area contributed by atoms with Gasteiger partial charge in [0.05, 0.1) is 0 Å². The van der Waals surface area contributed by atoms with E-state index in [-0.39, 0.29) is 24.1 Å². The first-order chi connectivity index (χ1) is 12.2. The number of hydrogen-bond donors (Lipinski definition) is 0. The molecule has 2 fully saturated rings. The summed E-state index contributed by atoms with van der Waals surface area (Å²) >= 11 is 0. The number of carbonyl (C=O) groups is 2. The first kappa shape index (κ1) is 21.5. The first-order valence-corrected chi connectivity index (χ1v) is 9.80. The molecule has 0 aromatic carbocycles. The van der Waals surface area contributed by atoms with E-state index in [0.717, 1.165) is 57.8 Å². The highest BCUT2D eigenvalue weighted by Crippen LogP contribution is 2.18. The molecule has 2 rings (SSSR count). The van der Waals surface area contributed by atoms with Crippen molar-refractivity contribution in [3.8, 4) is 0 Å². The number of cyclic esters (lactones) is 2. The third kappa shape index (κ3) is 10.8. The minimum absolute atomic E-state index is 0.0179. The maximum atomic E-state index is 10.9. The molecule has 0 aliphatic carbocycles. The van der Waals surface area contributed by atoms with Crippen LogP contribution in [0.5, 0.6) is 0 Å². The zero-order valence-electron chi connectivity index (χ0n) is 15.9. The fourth-order valence-corrected chi connectivity index (χ4v) is 2.98. The van der Waals surface area contributed by atoms with Crippen molar-refractivity contribution in [3.05, 3.63) is 24.3 Å². The Bertz CT molecular complexity index is 439. The summed E-state index contributed by atoms with van der Waals surface area (Å²) in [5.74, 6) is -0.0394. The second kappa shape index (κ2) is 13.7. The molecule has 142 valence electrons. The van der Waals surface area contributed by atoms with E-state index in [1.807, 2.05) is 13.0 Å². The number of rotatable bonds is 7. The molecular weight excluding hydrogens is 316 g/mol. The molecule has 0 radical (unpaired) electrons. The van der Waals surface area contributed by atoms with Gasteiger partial charge in [-0.3, -0.25) is 9.59 Å². The Morgan fingerprint density at radius 2 is 1.40 bits per heavy atom. The van der Waals surface area contributed by atoms with Crippen LogP contribution in [0.4, 0.5) is 0 Å². The molecule has 4 heteroatoms. The van der Waals surface area contributed by atoms with Crippen LogP contribution in [0, 0.1) is 0 Å². The van der Waals surface area contributed by atoms with Crippen LogP contribution in [-0.4, -0.2) is 24.1 Å². The number of allylic oxidation sites excluding steroid dienone is 4.